The molecular formula is C15H22F3NO. The molecule has 1 unspecified atom stereocenters. The van der Waals surface area contributed by atoms with Crippen LogP contribution >= 0.6 is 0 Å². The van der Waals surface area contributed by atoms with Crippen LogP contribution in [0.1, 0.15) is 25.8 Å². The first-order valence-electron chi connectivity index (χ1n) is 6.84. The number of benzene rings is 1. The zero-order valence-electron chi connectivity index (χ0n) is 12.0. The summed E-state index contributed by atoms with van der Waals surface area (Å²) in [6.07, 6.45) is -3.57. The van der Waals surface area contributed by atoms with Crippen LogP contribution in [-0.4, -0.2) is 32.5 Å². The summed E-state index contributed by atoms with van der Waals surface area (Å²) in [6, 6.07) is 9.58. The molecule has 0 bridgehead atoms. The van der Waals surface area contributed by atoms with Gasteiger partial charge in [-0.25, -0.2) is 0 Å². The van der Waals surface area contributed by atoms with Gasteiger partial charge < -0.3 is 10.1 Å². The molecule has 0 fully saturated rings. The number of ether oxygens (including phenoxy) is 1. The van der Waals surface area contributed by atoms with Gasteiger partial charge in [0.15, 0.2) is 0 Å². The lowest BCUT2D eigenvalue weighted by molar-refractivity contribution is -0.177. The molecule has 0 aliphatic carbocycles. The van der Waals surface area contributed by atoms with Gasteiger partial charge in [0, 0.05) is 12.0 Å². The van der Waals surface area contributed by atoms with Crippen molar-refractivity contribution in [2.24, 2.45) is 0 Å². The molecule has 1 aromatic rings. The van der Waals surface area contributed by atoms with Crippen LogP contribution in [0, 0.1) is 0 Å². The Hall–Kier alpha value is -1.07. The van der Waals surface area contributed by atoms with Crippen LogP contribution in [0.15, 0.2) is 30.3 Å². The van der Waals surface area contributed by atoms with Crippen LogP contribution in [0.2, 0.25) is 0 Å². The van der Waals surface area contributed by atoms with Crippen molar-refractivity contribution in [3.05, 3.63) is 35.9 Å². The SMILES string of the molecule is CCNCC(CC)(COCC(F)(F)F)c1ccccc1. The molecule has 1 N–H and O–H groups in total. The molecule has 114 valence electrons. The molecule has 0 aromatic heterocycles. The Kier molecular flexibility index (Phi) is 6.49. The molecule has 0 aliphatic heterocycles. The van der Waals surface area contributed by atoms with E-state index in [2.05, 4.69) is 5.32 Å². The molecule has 0 radical (unpaired) electrons. The van der Waals surface area contributed by atoms with Crippen LogP contribution < -0.4 is 5.32 Å². The lowest BCUT2D eigenvalue weighted by Gasteiger charge is -2.33. The smallest absolute Gasteiger partial charge is 0.371 e. The number of likely N-dealkylation sites (N-methyl/N-ethyl adjacent to an activating group) is 1. The highest BCUT2D eigenvalue weighted by atomic mass is 19.4. The topological polar surface area (TPSA) is 21.3 Å². The summed E-state index contributed by atoms with van der Waals surface area (Å²) in [5, 5.41) is 3.22. The van der Waals surface area contributed by atoms with Crippen molar-refractivity contribution in [2.75, 3.05) is 26.3 Å². The molecule has 0 amide bonds. The minimum absolute atomic E-state index is 0.0556. The van der Waals surface area contributed by atoms with Gasteiger partial charge in [-0.1, -0.05) is 44.2 Å². The first kappa shape index (κ1) is 17.0. The Labute approximate surface area is 118 Å². The Balaban J connectivity index is 2.83. The van der Waals surface area contributed by atoms with Gasteiger partial charge in [0.25, 0.3) is 0 Å². The number of hydrogen-bond acceptors (Lipinski definition) is 2. The number of rotatable bonds is 8. The van der Waals surface area contributed by atoms with E-state index in [1.807, 2.05) is 44.2 Å². The van der Waals surface area contributed by atoms with Crippen molar-refractivity contribution in [2.45, 2.75) is 31.9 Å². The minimum Gasteiger partial charge on any atom is -0.371 e. The van der Waals surface area contributed by atoms with E-state index in [4.69, 9.17) is 4.74 Å². The largest absolute Gasteiger partial charge is 0.411 e. The third kappa shape index (κ3) is 5.13. The Morgan fingerprint density at radius 2 is 1.70 bits per heavy atom. The lowest BCUT2D eigenvalue weighted by Crippen LogP contribution is -2.42. The minimum atomic E-state index is -4.28. The summed E-state index contributed by atoms with van der Waals surface area (Å²) in [5.74, 6) is 0. The van der Waals surface area contributed by atoms with Crippen LogP contribution in [0.4, 0.5) is 13.2 Å². The third-order valence-electron chi connectivity index (χ3n) is 3.42. The Morgan fingerprint density at radius 1 is 1.05 bits per heavy atom. The van der Waals surface area contributed by atoms with E-state index in [1.165, 1.54) is 0 Å². The van der Waals surface area contributed by atoms with Crippen LogP contribution in [0.3, 0.4) is 0 Å². The number of nitrogens with one attached hydrogen (secondary N) is 1. The quantitative estimate of drug-likeness (QED) is 0.790. The summed E-state index contributed by atoms with van der Waals surface area (Å²) >= 11 is 0. The van der Waals surface area contributed by atoms with E-state index in [0.29, 0.717) is 13.0 Å². The van der Waals surface area contributed by atoms with Crippen molar-refractivity contribution in [3.8, 4) is 0 Å². The van der Waals surface area contributed by atoms with Crippen molar-refractivity contribution in [3.63, 3.8) is 0 Å². The molecule has 0 spiro atoms. The molecule has 20 heavy (non-hydrogen) atoms. The van der Waals surface area contributed by atoms with Crippen molar-refractivity contribution >= 4 is 0 Å². The molecule has 0 saturated carbocycles. The monoisotopic (exact) mass is 289 g/mol. The number of alkyl halides is 3. The lowest BCUT2D eigenvalue weighted by atomic mass is 9.78. The van der Waals surface area contributed by atoms with Crippen molar-refractivity contribution in [1.82, 2.24) is 5.32 Å². The van der Waals surface area contributed by atoms with Gasteiger partial charge in [-0.05, 0) is 18.5 Å². The zero-order chi connectivity index (χ0) is 15.1. The maximum absolute atomic E-state index is 12.2. The predicted octanol–water partition coefficient (Wildman–Crippen LogP) is 3.52. The van der Waals surface area contributed by atoms with Crippen molar-refractivity contribution < 1.29 is 17.9 Å². The van der Waals surface area contributed by atoms with E-state index < -0.39 is 18.2 Å². The highest BCUT2D eigenvalue weighted by molar-refractivity contribution is 5.26. The van der Waals surface area contributed by atoms with Gasteiger partial charge in [0.1, 0.15) is 6.61 Å². The van der Waals surface area contributed by atoms with Gasteiger partial charge >= 0.3 is 6.18 Å². The molecule has 1 rings (SSSR count). The van der Waals surface area contributed by atoms with Gasteiger partial charge in [0.2, 0.25) is 0 Å². The summed E-state index contributed by atoms with van der Waals surface area (Å²) in [5.41, 5.74) is 0.577. The summed E-state index contributed by atoms with van der Waals surface area (Å²) in [4.78, 5) is 0. The van der Waals surface area contributed by atoms with E-state index in [1.54, 1.807) is 0 Å². The van der Waals surface area contributed by atoms with Gasteiger partial charge in [-0.15, -0.1) is 0 Å². The molecule has 1 aromatic carbocycles. The molecule has 0 saturated heterocycles. The Morgan fingerprint density at radius 3 is 2.20 bits per heavy atom. The normalized spacial score (nSPS) is 15.1. The fourth-order valence-corrected chi connectivity index (χ4v) is 2.19. The van der Waals surface area contributed by atoms with Crippen LogP contribution in [-0.2, 0) is 10.2 Å². The Bertz CT molecular complexity index is 380. The van der Waals surface area contributed by atoms with Gasteiger partial charge in [0.05, 0.1) is 6.61 Å². The second-order valence-corrected chi connectivity index (χ2v) is 4.89. The highest BCUT2D eigenvalue weighted by Crippen LogP contribution is 2.29. The molecule has 1 atom stereocenters. The molecule has 0 aliphatic rings. The fraction of sp³-hybridized carbons (Fsp3) is 0.600. The van der Waals surface area contributed by atoms with E-state index >= 15 is 0 Å². The maximum atomic E-state index is 12.2. The molecule has 2 nitrogen and oxygen atoms in total. The van der Waals surface area contributed by atoms with E-state index in [-0.39, 0.29) is 6.61 Å². The molecule has 5 heteroatoms. The van der Waals surface area contributed by atoms with E-state index in [9.17, 15) is 13.2 Å². The van der Waals surface area contributed by atoms with Crippen LogP contribution in [0.5, 0.6) is 0 Å². The molecule has 0 heterocycles. The predicted molar refractivity (Wildman–Crippen MR) is 73.8 cm³/mol. The first-order chi connectivity index (χ1) is 9.43. The van der Waals surface area contributed by atoms with Crippen LogP contribution in [0.25, 0.3) is 0 Å². The average Bonchev–Trinajstić information content (AvgIpc) is 2.42. The number of hydrogen-bond donors (Lipinski definition) is 1. The summed E-state index contributed by atoms with van der Waals surface area (Å²) < 4.78 is 41.7. The molecular weight excluding hydrogens is 267 g/mol. The maximum Gasteiger partial charge on any atom is 0.411 e. The number of halogens is 3. The first-order valence-corrected chi connectivity index (χ1v) is 6.84. The highest BCUT2D eigenvalue weighted by Gasteiger charge is 2.33. The third-order valence-corrected chi connectivity index (χ3v) is 3.42. The van der Waals surface area contributed by atoms with Crippen molar-refractivity contribution in [1.29, 1.82) is 0 Å². The fourth-order valence-electron chi connectivity index (χ4n) is 2.19. The average molecular weight is 289 g/mol. The second kappa shape index (κ2) is 7.64. The standard InChI is InChI=1S/C15H22F3NO/c1-3-14(10-19-4-2,11-20-12-15(16,17)18)13-8-6-5-7-9-13/h5-9,19H,3-4,10-12H2,1-2H3. The zero-order valence-corrected chi connectivity index (χ0v) is 12.0. The summed E-state index contributed by atoms with van der Waals surface area (Å²) in [7, 11) is 0. The summed E-state index contributed by atoms with van der Waals surface area (Å²) in [6.45, 7) is 4.17. The van der Waals surface area contributed by atoms with Gasteiger partial charge in [-0.3, -0.25) is 0 Å². The second-order valence-electron chi connectivity index (χ2n) is 4.89. The van der Waals surface area contributed by atoms with Gasteiger partial charge in [-0.2, -0.15) is 13.2 Å². The van der Waals surface area contributed by atoms with E-state index in [0.717, 1.165) is 12.1 Å².